The van der Waals surface area contributed by atoms with Crippen molar-refractivity contribution < 1.29 is 9.53 Å². The molecule has 1 fully saturated rings. The lowest BCUT2D eigenvalue weighted by Crippen LogP contribution is -2.36. The number of carbonyl (C=O) groups excluding carboxylic acids is 1. The van der Waals surface area contributed by atoms with Gasteiger partial charge in [0.1, 0.15) is 6.10 Å². The van der Waals surface area contributed by atoms with Crippen LogP contribution in [0.4, 0.5) is 4.79 Å². The third-order valence-electron chi connectivity index (χ3n) is 3.21. The summed E-state index contributed by atoms with van der Waals surface area (Å²) >= 11 is 0. The van der Waals surface area contributed by atoms with Gasteiger partial charge in [0.05, 0.1) is 0 Å². The first-order valence-corrected chi connectivity index (χ1v) is 5.59. The van der Waals surface area contributed by atoms with E-state index in [1.54, 1.807) is 0 Å². The van der Waals surface area contributed by atoms with Crippen LogP contribution in [0.15, 0.2) is 0 Å². The molecular formula is C11H21NO2. The van der Waals surface area contributed by atoms with E-state index in [0.717, 1.165) is 6.42 Å². The number of alkyl carbamates (subject to hydrolysis) is 1. The van der Waals surface area contributed by atoms with Gasteiger partial charge in [-0.05, 0) is 31.6 Å². The summed E-state index contributed by atoms with van der Waals surface area (Å²) in [6.07, 6.45) is 3.30. The Morgan fingerprint density at radius 3 is 2.79 bits per heavy atom. The smallest absolute Gasteiger partial charge is 0.407 e. The first kappa shape index (κ1) is 11.3. The molecule has 1 amide bonds. The Balaban J connectivity index is 2.39. The molecule has 1 aliphatic carbocycles. The molecule has 0 aliphatic heterocycles. The summed E-state index contributed by atoms with van der Waals surface area (Å²) < 4.78 is 5.36. The van der Waals surface area contributed by atoms with Crippen LogP contribution in [0.1, 0.15) is 40.0 Å². The van der Waals surface area contributed by atoms with E-state index < -0.39 is 0 Å². The molecule has 0 aromatic carbocycles. The summed E-state index contributed by atoms with van der Waals surface area (Å²) in [5.41, 5.74) is 0. The molecule has 0 unspecified atom stereocenters. The summed E-state index contributed by atoms with van der Waals surface area (Å²) in [5.74, 6) is 1.16. The lowest BCUT2D eigenvalue weighted by atomic mass is 9.79. The first-order valence-electron chi connectivity index (χ1n) is 5.59. The summed E-state index contributed by atoms with van der Waals surface area (Å²) in [6, 6.07) is 0. The van der Waals surface area contributed by atoms with Gasteiger partial charge in [-0.1, -0.05) is 20.3 Å². The van der Waals surface area contributed by atoms with E-state index in [9.17, 15) is 4.79 Å². The maximum Gasteiger partial charge on any atom is 0.407 e. The van der Waals surface area contributed by atoms with Gasteiger partial charge in [-0.3, -0.25) is 0 Å². The van der Waals surface area contributed by atoms with Gasteiger partial charge in [0.2, 0.25) is 0 Å². The van der Waals surface area contributed by atoms with E-state index in [2.05, 4.69) is 19.2 Å². The predicted octanol–water partition coefficient (Wildman–Crippen LogP) is 2.56. The fraction of sp³-hybridized carbons (Fsp3) is 0.909. The standard InChI is InChI=1S/C11H21NO2/c1-4-12-11(13)14-10-7-5-6-8(2)9(10)3/h8-10H,4-7H2,1-3H3,(H,12,13)/t8-,9-,10+/m0/s1. The molecule has 1 aliphatic rings. The van der Waals surface area contributed by atoms with Crippen LogP contribution in [0.3, 0.4) is 0 Å². The second-order valence-corrected chi connectivity index (χ2v) is 4.24. The van der Waals surface area contributed by atoms with Crippen LogP contribution in [0.5, 0.6) is 0 Å². The third-order valence-corrected chi connectivity index (χ3v) is 3.21. The van der Waals surface area contributed by atoms with Crippen LogP contribution in [0.25, 0.3) is 0 Å². The van der Waals surface area contributed by atoms with Crippen molar-refractivity contribution in [3.05, 3.63) is 0 Å². The maximum atomic E-state index is 11.2. The molecule has 0 bridgehead atoms. The lowest BCUT2D eigenvalue weighted by Gasteiger charge is -2.33. The van der Waals surface area contributed by atoms with Crippen LogP contribution < -0.4 is 5.32 Å². The van der Waals surface area contributed by atoms with Crippen molar-refractivity contribution in [2.24, 2.45) is 11.8 Å². The molecular weight excluding hydrogens is 178 g/mol. The number of ether oxygens (including phenoxy) is 1. The average molecular weight is 199 g/mol. The highest BCUT2D eigenvalue weighted by atomic mass is 16.6. The van der Waals surface area contributed by atoms with Crippen molar-refractivity contribution in [3.8, 4) is 0 Å². The van der Waals surface area contributed by atoms with Crippen molar-refractivity contribution >= 4 is 6.09 Å². The van der Waals surface area contributed by atoms with Gasteiger partial charge in [-0.2, -0.15) is 0 Å². The van der Waals surface area contributed by atoms with Gasteiger partial charge in [-0.15, -0.1) is 0 Å². The van der Waals surface area contributed by atoms with E-state index in [1.807, 2.05) is 6.92 Å². The predicted molar refractivity (Wildman–Crippen MR) is 56.1 cm³/mol. The number of nitrogens with one attached hydrogen (secondary N) is 1. The molecule has 82 valence electrons. The Hall–Kier alpha value is -0.730. The Kier molecular flexibility index (Phi) is 4.23. The second kappa shape index (κ2) is 5.23. The normalized spacial score (nSPS) is 32.4. The quantitative estimate of drug-likeness (QED) is 0.742. The number of carbonyl (C=O) groups is 1. The minimum Gasteiger partial charge on any atom is -0.446 e. The zero-order valence-corrected chi connectivity index (χ0v) is 9.38. The fourth-order valence-corrected chi connectivity index (χ4v) is 2.02. The molecule has 3 atom stereocenters. The van der Waals surface area contributed by atoms with Crippen LogP contribution >= 0.6 is 0 Å². The van der Waals surface area contributed by atoms with Crippen molar-refractivity contribution in [1.29, 1.82) is 0 Å². The molecule has 3 heteroatoms. The Morgan fingerprint density at radius 1 is 1.43 bits per heavy atom. The van der Waals surface area contributed by atoms with E-state index in [4.69, 9.17) is 4.74 Å². The number of hydrogen-bond acceptors (Lipinski definition) is 2. The minimum absolute atomic E-state index is 0.116. The van der Waals surface area contributed by atoms with E-state index in [-0.39, 0.29) is 12.2 Å². The highest BCUT2D eigenvalue weighted by Crippen LogP contribution is 2.31. The minimum atomic E-state index is -0.265. The molecule has 1 N–H and O–H groups in total. The summed E-state index contributed by atoms with van der Waals surface area (Å²) in [6.45, 7) is 6.94. The van der Waals surface area contributed by atoms with E-state index in [1.165, 1.54) is 12.8 Å². The van der Waals surface area contributed by atoms with Crippen molar-refractivity contribution in [3.63, 3.8) is 0 Å². The largest absolute Gasteiger partial charge is 0.446 e. The molecule has 0 heterocycles. The monoisotopic (exact) mass is 199 g/mol. The van der Waals surface area contributed by atoms with Crippen LogP contribution in [0.2, 0.25) is 0 Å². The Bertz CT molecular complexity index is 194. The molecule has 0 spiro atoms. The highest BCUT2D eigenvalue weighted by molar-refractivity contribution is 5.67. The van der Waals surface area contributed by atoms with Gasteiger partial charge < -0.3 is 10.1 Å². The molecule has 14 heavy (non-hydrogen) atoms. The van der Waals surface area contributed by atoms with Gasteiger partial charge in [0.25, 0.3) is 0 Å². The second-order valence-electron chi connectivity index (χ2n) is 4.24. The number of rotatable bonds is 2. The highest BCUT2D eigenvalue weighted by Gasteiger charge is 2.29. The van der Waals surface area contributed by atoms with E-state index >= 15 is 0 Å². The van der Waals surface area contributed by atoms with Gasteiger partial charge in [0, 0.05) is 6.54 Å². The number of hydrogen-bond donors (Lipinski definition) is 1. The molecule has 0 radical (unpaired) electrons. The molecule has 0 aromatic heterocycles. The maximum absolute atomic E-state index is 11.2. The van der Waals surface area contributed by atoms with E-state index in [0.29, 0.717) is 18.4 Å². The van der Waals surface area contributed by atoms with Crippen molar-refractivity contribution in [1.82, 2.24) is 5.32 Å². The summed E-state index contributed by atoms with van der Waals surface area (Å²) in [4.78, 5) is 11.2. The Labute approximate surface area is 86.2 Å². The molecule has 3 nitrogen and oxygen atoms in total. The van der Waals surface area contributed by atoms with Crippen LogP contribution in [-0.2, 0) is 4.74 Å². The Morgan fingerprint density at radius 2 is 2.14 bits per heavy atom. The summed E-state index contributed by atoms with van der Waals surface area (Å²) in [5, 5.41) is 2.67. The zero-order valence-electron chi connectivity index (χ0n) is 9.38. The van der Waals surface area contributed by atoms with Gasteiger partial charge in [-0.25, -0.2) is 4.79 Å². The summed E-state index contributed by atoms with van der Waals surface area (Å²) in [7, 11) is 0. The fourth-order valence-electron chi connectivity index (χ4n) is 2.02. The van der Waals surface area contributed by atoms with Crippen LogP contribution in [-0.4, -0.2) is 18.7 Å². The molecule has 1 rings (SSSR count). The van der Waals surface area contributed by atoms with Gasteiger partial charge >= 0.3 is 6.09 Å². The third kappa shape index (κ3) is 2.89. The topological polar surface area (TPSA) is 38.3 Å². The van der Waals surface area contributed by atoms with Gasteiger partial charge in [0.15, 0.2) is 0 Å². The molecule has 0 saturated heterocycles. The van der Waals surface area contributed by atoms with Crippen LogP contribution in [0, 0.1) is 11.8 Å². The average Bonchev–Trinajstić information content (AvgIpc) is 2.13. The molecule has 0 aromatic rings. The zero-order chi connectivity index (χ0) is 10.6. The lowest BCUT2D eigenvalue weighted by molar-refractivity contribution is 0.0231. The molecule has 1 saturated carbocycles. The first-order chi connectivity index (χ1) is 6.65. The van der Waals surface area contributed by atoms with Crippen molar-refractivity contribution in [2.75, 3.05) is 6.54 Å². The number of amides is 1. The van der Waals surface area contributed by atoms with Crippen molar-refractivity contribution in [2.45, 2.75) is 46.1 Å². The SMILES string of the molecule is CCNC(=O)O[C@@H]1CCC[C@H](C)[C@@H]1C.